The van der Waals surface area contributed by atoms with Crippen molar-refractivity contribution in [1.29, 1.82) is 0 Å². The van der Waals surface area contributed by atoms with Gasteiger partial charge in [-0.3, -0.25) is 19.2 Å². The minimum atomic E-state index is -1.97. The number of ether oxygens (including phenoxy) is 6. The number of esters is 2. The number of hydrogen-bond donors (Lipinski definition) is 2. The number of halogens is 1. The van der Waals surface area contributed by atoms with Crippen LogP contribution in [0.2, 0.25) is 51.4 Å². The van der Waals surface area contributed by atoms with E-state index < -0.39 is 46.1 Å². The number of carbonyl (C=O) groups excluding carboxylic acids is 3. The monoisotopic (exact) mass is 1320 g/mol. The molecule has 0 atom stereocenters. The van der Waals surface area contributed by atoms with E-state index >= 15 is 0 Å². The predicted octanol–water partition coefficient (Wildman–Crippen LogP) is 12.1. The largest absolute Gasteiger partial charge is 1.00 e. The maximum atomic E-state index is 14.1. The lowest BCUT2D eigenvalue weighted by molar-refractivity contribution is 0.0321. The van der Waals surface area contributed by atoms with Gasteiger partial charge in [0.1, 0.15) is 17.4 Å². The third kappa shape index (κ3) is 16.1. The topological polar surface area (TPSA) is 229 Å². The van der Waals surface area contributed by atoms with Gasteiger partial charge in [0, 0.05) is 59.6 Å². The van der Waals surface area contributed by atoms with Gasteiger partial charge in [0.2, 0.25) is 10.9 Å². The van der Waals surface area contributed by atoms with Crippen LogP contribution in [0.4, 0.5) is 0 Å². The number of ketones is 1. The first-order valence-electron chi connectivity index (χ1n) is 27.1. The molecule has 0 unspecified atom stereocenters. The second-order valence-corrected chi connectivity index (χ2v) is 35.7. The number of nitrogens with zero attached hydrogens (tertiary/aromatic N) is 1. The molecule has 3 aromatic heterocycles. The van der Waals surface area contributed by atoms with Crippen molar-refractivity contribution in [3.63, 3.8) is 0 Å². The number of benzene rings is 4. The molecule has 3 heterocycles. The molecular formula is C64H84BINO16Si2-. The zero-order valence-electron chi connectivity index (χ0n) is 51.6. The van der Waals surface area contributed by atoms with E-state index in [-0.39, 0.29) is 104 Å². The lowest BCUT2D eigenvalue weighted by Gasteiger charge is -2.22. The number of carbonyl (C=O) groups is 3. The molecule has 0 spiro atoms. The van der Waals surface area contributed by atoms with Gasteiger partial charge in [-0.05, 0) is 172 Å². The fourth-order valence-corrected chi connectivity index (χ4v) is 11.4. The van der Waals surface area contributed by atoms with E-state index in [9.17, 15) is 38.8 Å². The third-order valence-corrected chi connectivity index (χ3v) is 19.4. The Labute approximate surface area is 515 Å². The van der Waals surface area contributed by atoms with Gasteiger partial charge in [0.05, 0.1) is 61.5 Å². The number of aryl methyl sites for hydroxylation is 5. The lowest BCUT2D eigenvalue weighted by Crippen LogP contribution is -2.41. The summed E-state index contributed by atoms with van der Waals surface area (Å²) in [4.78, 5) is 78.8. The number of allylic oxidation sites excluding steroid dienone is 2. The first-order valence-corrected chi connectivity index (χ1v) is 35.6. The second kappa shape index (κ2) is 29.3. The number of aromatic nitrogens is 1. The van der Waals surface area contributed by atoms with Crippen LogP contribution < -0.4 is 31.2 Å². The van der Waals surface area contributed by atoms with Crippen molar-refractivity contribution in [2.45, 2.75) is 128 Å². The zero-order valence-corrected chi connectivity index (χ0v) is 54.7. The number of hydrogen-bond acceptors (Lipinski definition) is 16. The highest BCUT2D eigenvalue weighted by Crippen LogP contribution is 2.39. The van der Waals surface area contributed by atoms with Crippen molar-refractivity contribution in [2.24, 2.45) is 7.05 Å². The molecular weight excluding hydrogens is 1230 g/mol. The van der Waals surface area contributed by atoms with Crippen LogP contribution in [0.1, 0.15) is 104 Å². The lowest BCUT2D eigenvalue weighted by atomic mass is 9.80. The van der Waals surface area contributed by atoms with Gasteiger partial charge in [0.25, 0.3) is 0 Å². The zero-order chi connectivity index (χ0) is 61.7. The summed E-state index contributed by atoms with van der Waals surface area (Å²) < 4.78 is 46.6. The molecule has 0 radical (unpaired) electrons. The molecule has 85 heavy (non-hydrogen) atoms. The van der Waals surface area contributed by atoms with E-state index in [1.807, 2.05) is 40.8 Å². The second-order valence-electron chi connectivity index (χ2n) is 23.4. The summed E-state index contributed by atoms with van der Waals surface area (Å²) in [7, 11) is 0.224. The van der Waals surface area contributed by atoms with Crippen molar-refractivity contribution >= 4 is 107 Å². The minimum Gasteiger partial charge on any atom is -1.00 e. The first-order chi connectivity index (χ1) is 38.8. The van der Waals surface area contributed by atoms with Gasteiger partial charge in [-0.25, -0.2) is 9.59 Å². The highest BCUT2D eigenvalue weighted by Gasteiger charge is 2.32. The summed E-state index contributed by atoms with van der Waals surface area (Å²) in [6.07, 6.45) is 2.70. The maximum Gasteiger partial charge on any atom is 0.495 e. The van der Waals surface area contributed by atoms with Crippen LogP contribution in [0.15, 0.2) is 77.7 Å². The molecule has 17 nitrogen and oxygen atoms in total. The standard InChI is InChI=1S/C32H38O9Si.C17H23BO6Si.C13H14INO.2CH4.H/c1-18-12-26-29(28(20(18)3)32(35)38-9-10-42(6,7)8)31(34)23(15-39-26)27-19(2)11-21-13-24(40-16-36-4)25(41-17-37-5)14-22(21)30(27)33;1-10-8-13-15(16(19)12(9-24-13)18(21)22)14(11(10)2)17(20)23-6-7-25(3,4)5;1-7-5-10-11(6-8(7)2)15(4)9(3)12(14)13(10)16;;;/h12-15H,9-11,16-17H2,1-8H3;8-9,21-22H,6-7H2,1-5H3;5-6H,1-4H3;2*1H4;/q;;;;;-1. The summed E-state index contributed by atoms with van der Waals surface area (Å²) in [6, 6.07) is 12.4. The molecule has 0 saturated heterocycles. The van der Waals surface area contributed by atoms with Crippen LogP contribution in [0, 0.1) is 52.0 Å². The fraction of sp³-hybridized carbons (Fsp3) is 0.406. The van der Waals surface area contributed by atoms with Crippen LogP contribution in [0.25, 0.3) is 38.4 Å². The summed E-state index contributed by atoms with van der Waals surface area (Å²) >= 11 is 2.13. The molecule has 0 amide bonds. The van der Waals surface area contributed by atoms with Gasteiger partial charge in [0.15, 0.2) is 36.3 Å². The van der Waals surface area contributed by atoms with Crippen LogP contribution in [0.5, 0.6) is 11.5 Å². The van der Waals surface area contributed by atoms with Gasteiger partial charge in [-0.1, -0.05) is 59.7 Å². The third-order valence-electron chi connectivity index (χ3n) is 14.8. The summed E-state index contributed by atoms with van der Waals surface area (Å²) in [6.45, 7) is 28.7. The molecule has 7 aromatic rings. The smallest absolute Gasteiger partial charge is 0.495 e. The Hall–Kier alpha value is -6.47. The fourth-order valence-electron chi connectivity index (χ4n) is 9.30. The van der Waals surface area contributed by atoms with Crippen LogP contribution in [-0.2, 0) is 32.4 Å². The molecule has 1 aliphatic rings. The molecule has 21 heteroatoms. The van der Waals surface area contributed by atoms with Crippen LogP contribution >= 0.6 is 22.6 Å². The van der Waals surface area contributed by atoms with Gasteiger partial charge >= 0.3 is 19.1 Å². The van der Waals surface area contributed by atoms with E-state index in [0.29, 0.717) is 40.2 Å². The van der Waals surface area contributed by atoms with Crippen molar-refractivity contribution in [1.82, 2.24) is 4.57 Å². The number of pyridine rings is 1. The Morgan fingerprint density at radius 2 is 1.12 bits per heavy atom. The van der Waals surface area contributed by atoms with Crippen molar-refractivity contribution in [2.75, 3.05) is 41.0 Å². The predicted molar refractivity (Wildman–Crippen MR) is 353 cm³/mol. The summed E-state index contributed by atoms with van der Waals surface area (Å²) in [5.41, 5.74) is 8.90. The van der Waals surface area contributed by atoms with Crippen LogP contribution in [-0.4, -0.2) is 96.6 Å². The van der Waals surface area contributed by atoms with Gasteiger partial charge in [-0.15, -0.1) is 0 Å². The Bertz CT molecular complexity index is 3910. The molecule has 4 aromatic carbocycles. The van der Waals surface area contributed by atoms with Gasteiger partial charge < -0.3 is 53.3 Å². The molecule has 0 saturated carbocycles. The summed E-state index contributed by atoms with van der Waals surface area (Å²) in [5.74, 6) is -0.811. The number of fused-ring (bicyclic) bond motifs is 4. The molecule has 460 valence electrons. The van der Waals surface area contributed by atoms with Crippen LogP contribution in [0.3, 0.4) is 0 Å². The molecule has 1 aliphatic carbocycles. The highest BCUT2D eigenvalue weighted by atomic mass is 127. The number of rotatable bonds is 16. The Balaban J connectivity index is 0.000000372. The van der Waals surface area contributed by atoms with E-state index in [2.05, 4.69) is 79.4 Å². The Morgan fingerprint density at radius 1 is 0.647 bits per heavy atom. The van der Waals surface area contributed by atoms with Crippen molar-refractivity contribution in [3.8, 4) is 11.5 Å². The molecule has 0 aliphatic heterocycles. The molecule has 8 rings (SSSR count). The summed E-state index contributed by atoms with van der Waals surface area (Å²) in [5, 5.41) is 19.6. The van der Waals surface area contributed by atoms with E-state index in [1.54, 1.807) is 45.0 Å². The quantitative estimate of drug-likeness (QED) is 0.0396. The Morgan fingerprint density at radius 3 is 1.60 bits per heavy atom. The van der Waals surface area contributed by atoms with Gasteiger partial charge in [-0.2, -0.15) is 0 Å². The highest BCUT2D eigenvalue weighted by molar-refractivity contribution is 14.1. The SMILES string of the molecule is C.C.COCOc1cc2c(cc1OCOC)C(=O)C(c1coc3cc(C)c(C)c(C(=O)OCC[Si](C)(C)C)c3c1=O)=C(C)C2.Cc1cc2c(=O)c(I)c(C)n(C)c2cc1C.Cc1cc2occ(B(O)O)c(=O)c2c(C(=O)OCC[Si](C)(C)C)c1C.[H-]. The number of Topliss-reactive ketones (excluding diaryl/α,β-unsaturated/α-hetero) is 1. The molecule has 0 fully saturated rings. The molecule has 0 bridgehead atoms. The normalized spacial score (nSPS) is 12.1. The number of methoxy groups -OCH3 is 2. The first kappa shape index (κ1) is 71.0. The minimum absolute atomic E-state index is 0. The van der Waals surface area contributed by atoms with Crippen molar-refractivity contribution in [3.05, 3.63) is 156 Å². The van der Waals surface area contributed by atoms with E-state index in [0.717, 1.165) is 55.2 Å². The van der Waals surface area contributed by atoms with Crippen molar-refractivity contribution < 1.29 is 63.1 Å². The maximum absolute atomic E-state index is 14.1. The van der Waals surface area contributed by atoms with E-state index in [4.69, 9.17) is 37.3 Å². The molecule has 2 N–H and O–H groups in total. The van der Waals surface area contributed by atoms with E-state index in [1.165, 1.54) is 31.6 Å². The average Bonchev–Trinajstić information content (AvgIpc) is 0.891. The Kier molecular flexibility index (Phi) is 24.5. The average molecular weight is 1320 g/mol.